The Kier molecular flexibility index (Phi) is 4.99. The van der Waals surface area contributed by atoms with Crippen LogP contribution in [0.25, 0.3) is 0 Å². The Balaban J connectivity index is 1.53. The van der Waals surface area contributed by atoms with Gasteiger partial charge in [0.1, 0.15) is 5.82 Å². The van der Waals surface area contributed by atoms with Crippen LogP contribution in [0.1, 0.15) is 10.4 Å². The molecule has 2 aromatic rings. The lowest BCUT2D eigenvalue weighted by Gasteiger charge is -2.26. The molecule has 0 atom stereocenters. The average molecular weight is 318 g/mol. The molecule has 0 spiro atoms. The van der Waals surface area contributed by atoms with Crippen molar-refractivity contribution in [3.63, 3.8) is 0 Å². The molecule has 0 unspecified atom stereocenters. The smallest absolute Gasteiger partial charge is 0.255 e. The molecule has 1 amide bonds. The third kappa shape index (κ3) is 4.37. The van der Waals surface area contributed by atoms with Gasteiger partial charge in [-0.15, -0.1) is 0 Å². The highest BCUT2D eigenvalue weighted by Crippen LogP contribution is 2.10. The molecular weight excluding hydrogens is 299 g/mol. The van der Waals surface area contributed by atoms with Gasteiger partial charge in [0, 0.05) is 31.4 Å². The van der Waals surface area contributed by atoms with Gasteiger partial charge in [0.05, 0.1) is 31.6 Å². The van der Waals surface area contributed by atoms with Gasteiger partial charge < -0.3 is 10.1 Å². The molecule has 1 aromatic heterocycles. The summed E-state index contributed by atoms with van der Waals surface area (Å²) < 4.78 is 20.2. The second-order valence-electron chi connectivity index (χ2n) is 5.41. The highest BCUT2D eigenvalue weighted by molar-refractivity contribution is 6.04. The van der Waals surface area contributed by atoms with Gasteiger partial charge in [-0.2, -0.15) is 5.10 Å². The van der Waals surface area contributed by atoms with Crippen molar-refractivity contribution >= 4 is 11.6 Å². The van der Waals surface area contributed by atoms with Gasteiger partial charge in [-0.05, 0) is 18.2 Å². The summed E-state index contributed by atoms with van der Waals surface area (Å²) in [6, 6.07) is 5.59. The molecular formula is C16H19FN4O2. The van der Waals surface area contributed by atoms with E-state index in [1.165, 1.54) is 18.2 Å². The number of nitrogens with zero attached hydrogens (tertiary/aromatic N) is 3. The SMILES string of the molecule is O=C(Nc1cnn(CCN2CCOCC2)c1)c1cccc(F)c1. The summed E-state index contributed by atoms with van der Waals surface area (Å²) in [5.41, 5.74) is 0.882. The lowest BCUT2D eigenvalue weighted by molar-refractivity contribution is 0.0360. The van der Waals surface area contributed by atoms with E-state index in [0.29, 0.717) is 5.69 Å². The van der Waals surface area contributed by atoms with Crippen molar-refractivity contribution in [2.75, 3.05) is 38.2 Å². The Labute approximate surface area is 133 Å². The molecule has 2 heterocycles. The Bertz CT molecular complexity index is 668. The number of amides is 1. The number of aromatic nitrogens is 2. The number of halogens is 1. The molecule has 1 aromatic carbocycles. The number of morpholine rings is 1. The summed E-state index contributed by atoms with van der Waals surface area (Å²) in [6.45, 7) is 5.05. The molecule has 7 heteroatoms. The first kappa shape index (κ1) is 15.6. The van der Waals surface area contributed by atoms with Crippen molar-refractivity contribution in [1.29, 1.82) is 0 Å². The van der Waals surface area contributed by atoms with Crippen LogP contribution in [0.5, 0.6) is 0 Å². The first-order chi connectivity index (χ1) is 11.2. The van der Waals surface area contributed by atoms with Gasteiger partial charge in [-0.3, -0.25) is 14.4 Å². The van der Waals surface area contributed by atoms with Crippen LogP contribution in [0, 0.1) is 5.82 Å². The molecule has 0 aliphatic carbocycles. The number of nitrogens with one attached hydrogen (secondary N) is 1. The lowest BCUT2D eigenvalue weighted by Crippen LogP contribution is -2.38. The lowest BCUT2D eigenvalue weighted by atomic mass is 10.2. The highest BCUT2D eigenvalue weighted by Gasteiger charge is 2.11. The summed E-state index contributed by atoms with van der Waals surface area (Å²) in [6.07, 6.45) is 3.37. The predicted molar refractivity (Wildman–Crippen MR) is 83.8 cm³/mol. The normalized spacial score (nSPS) is 15.5. The molecule has 1 fully saturated rings. The summed E-state index contributed by atoms with van der Waals surface area (Å²) in [5.74, 6) is -0.781. The van der Waals surface area contributed by atoms with Gasteiger partial charge in [0.15, 0.2) is 0 Å². The predicted octanol–water partition coefficient (Wildman–Crippen LogP) is 1.61. The maximum absolute atomic E-state index is 13.1. The molecule has 0 saturated carbocycles. The Morgan fingerprint density at radius 3 is 2.91 bits per heavy atom. The van der Waals surface area contributed by atoms with Crippen LogP contribution >= 0.6 is 0 Å². The van der Waals surface area contributed by atoms with E-state index in [-0.39, 0.29) is 11.5 Å². The van der Waals surface area contributed by atoms with Crippen molar-refractivity contribution in [1.82, 2.24) is 14.7 Å². The third-order valence-corrected chi connectivity index (χ3v) is 3.73. The largest absolute Gasteiger partial charge is 0.379 e. The molecule has 3 rings (SSSR count). The molecule has 23 heavy (non-hydrogen) atoms. The molecule has 1 saturated heterocycles. The van der Waals surface area contributed by atoms with E-state index in [0.717, 1.165) is 39.4 Å². The van der Waals surface area contributed by atoms with Gasteiger partial charge in [0.25, 0.3) is 5.91 Å². The van der Waals surface area contributed by atoms with Crippen LogP contribution in [-0.2, 0) is 11.3 Å². The van der Waals surface area contributed by atoms with E-state index in [1.54, 1.807) is 23.1 Å². The fourth-order valence-electron chi connectivity index (χ4n) is 2.45. The molecule has 1 N–H and O–H groups in total. The summed E-state index contributed by atoms with van der Waals surface area (Å²) in [4.78, 5) is 14.4. The zero-order chi connectivity index (χ0) is 16.1. The molecule has 6 nitrogen and oxygen atoms in total. The standard InChI is InChI=1S/C16H19FN4O2/c17-14-3-1-2-13(10-14)16(22)19-15-11-18-21(12-15)5-4-20-6-8-23-9-7-20/h1-3,10-12H,4-9H2,(H,19,22). The van der Waals surface area contributed by atoms with E-state index >= 15 is 0 Å². The molecule has 0 bridgehead atoms. The van der Waals surface area contributed by atoms with Gasteiger partial charge in [-0.1, -0.05) is 6.07 Å². The van der Waals surface area contributed by atoms with E-state index < -0.39 is 5.82 Å². The minimum Gasteiger partial charge on any atom is -0.379 e. The number of carbonyl (C=O) groups is 1. The van der Waals surface area contributed by atoms with Crippen LogP contribution in [0.3, 0.4) is 0 Å². The van der Waals surface area contributed by atoms with Crippen LogP contribution in [0.15, 0.2) is 36.7 Å². The molecule has 0 radical (unpaired) electrons. The van der Waals surface area contributed by atoms with E-state index in [1.807, 2.05) is 0 Å². The van der Waals surface area contributed by atoms with Gasteiger partial charge >= 0.3 is 0 Å². The Morgan fingerprint density at radius 2 is 2.13 bits per heavy atom. The molecule has 122 valence electrons. The first-order valence-corrected chi connectivity index (χ1v) is 7.60. The summed E-state index contributed by atoms with van der Waals surface area (Å²) in [7, 11) is 0. The number of carbonyl (C=O) groups excluding carboxylic acids is 1. The number of anilines is 1. The maximum atomic E-state index is 13.1. The fourth-order valence-corrected chi connectivity index (χ4v) is 2.45. The number of benzene rings is 1. The van der Waals surface area contributed by atoms with Crippen molar-refractivity contribution in [3.8, 4) is 0 Å². The second-order valence-corrected chi connectivity index (χ2v) is 5.41. The van der Waals surface area contributed by atoms with Crippen molar-refractivity contribution in [3.05, 3.63) is 48.0 Å². The topological polar surface area (TPSA) is 59.4 Å². The second kappa shape index (κ2) is 7.34. The summed E-state index contributed by atoms with van der Waals surface area (Å²) in [5, 5.41) is 6.96. The highest BCUT2D eigenvalue weighted by atomic mass is 19.1. The van der Waals surface area contributed by atoms with Crippen LogP contribution in [0.4, 0.5) is 10.1 Å². The number of ether oxygens (including phenoxy) is 1. The van der Waals surface area contributed by atoms with Crippen LogP contribution in [0.2, 0.25) is 0 Å². The van der Waals surface area contributed by atoms with Crippen molar-refractivity contribution in [2.45, 2.75) is 6.54 Å². The third-order valence-electron chi connectivity index (χ3n) is 3.73. The summed E-state index contributed by atoms with van der Waals surface area (Å²) >= 11 is 0. The average Bonchev–Trinajstić information content (AvgIpc) is 3.01. The molecule has 1 aliphatic rings. The number of hydrogen-bond donors (Lipinski definition) is 1. The van der Waals surface area contributed by atoms with Crippen molar-refractivity contribution in [2.24, 2.45) is 0 Å². The number of hydrogen-bond acceptors (Lipinski definition) is 4. The van der Waals surface area contributed by atoms with Crippen LogP contribution in [-0.4, -0.2) is 53.4 Å². The van der Waals surface area contributed by atoms with Gasteiger partial charge in [-0.25, -0.2) is 4.39 Å². The monoisotopic (exact) mass is 318 g/mol. The fraction of sp³-hybridized carbons (Fsp3) is 0.375. The minimum absolute atomic E-state index is 0.283. The Morgan fingerprint density at radius 1 is 1.30 bits per heavy atom. The van der Waals surface area contributed by atoms with Gasteiger partial charge in [0.2, 0.25) is 0 Å². The number of rotatable bonds is 5. The first-order valence-electron chi connectivity index (χ1n) is 7.60. The quantitative estimate of drug-likeness (QED) is 0.910. The van der Waals surface area contributed by atoms with Crippen molar-refractivity contribution < 1.29 is 13.9 Å². The zero-order valence-electron chi connectivity index (χ0n) is 12.7. The Hall–Kier alpha value is -2.25. The van der Waals surface area contributed by atoms with E-state index in [2.05, 4.69) is 15.3 Å². The van der Waals surface area contributed by atoms with E-state index in [9.17, 15) is 9.18 Å². The minimum atomic E-state index is -0.432. The maximum Gasteiger partial charge on any atom is 0.255 e. The van der Waals surface area contributed by atoms with Crippen LogP contribution < -0.4 is 5.32 Å². The zero-order valence-corrected chi connectivity index (χ0v) is 12.7. The molecule has 1 aliphatic heterocycles. The van der Waals surface area contributed by atoms with E-state index in [4.69, 9.17) is 4.74 Å².